The first-order valence-electron chi connectivity index (χ1n) is 5.66. The summed E-state index contributed by atoms with van der Waals surface area (Å²) >= 11 is 0. The maximum atomic E-state index is 11.1. The summed E-state index contributed by atoms with van der Waals surface area (Å²) in [4.78, 5) is 17.1. The van der Waals surface area contributed by atoms with Crippen molar-refractivity contribution < 1.29 is 9.90 Å². The fraction of sp³-hybridized carbons (Fsp3) is 0.0714. The van der Waals surface area contributed by atoms with Crippen molar-refractivity contribution in [3.63, 3.8) is 0 Å². The van der Waals surface area contributed by atoms with Crippen molar-refractivity contribution in [1.82, 2.24) is 9.97 Å². The number of carbonyl (C=O) groups is 1. The highest BCUT2D eigenvalue weighted by atomic mass is 16.4. The number of aromatic amines is 2. The zero-order chi connectivity index (χ0) is 12.7. The van der Waals surface area contributed by atoms with E-state index in [0.29, 0.717) is 5.56 Å². The van der Waals surface area contributed by atoms with Crippen LogP contribution in [0.5, 0.6) is 0 Å². The SMILES string of the molecule is Cc1cccc2cc(-c3cc[nH]c3C(=O)O)[nH]c12. The predicted octanol–water partition coefficient (Wildman–Crippen LogP) is 3.17. The Balaban J connectivity index is 2.23. The van der Waals surface area contributed by atoms with E-state index in [2.05, 4.69) is 9.97 Å². The lowest BCUT2D eigenvalue weighted by Gasteiger charge is -1.96. The highest BCUT2D eigenvalue weighted by molar-refractivity contribution is 5.96. The molecule has 1 aromatic carbocycles. The van der Waals surface area contributed by atoms with E-state index in [1.807, 2.05) is 31.2 Å². The van der Waals surface area contributed by atoms with Crippen LogP contribution in [0.15, 0.2) is 36.5 Å². The molecule has 3 aromatic rings. The van der Waals surface area contributed by atoms with E-state index < -0.39 is 5.97 Å². The van der Waals surface area contributed by atoms with Crippen LogP contribution in [0.3, 0.4) is 0 Å². The molecule has 0 aliphatic rings. The van der Waals surface area contributed by atoms with E-state index in [-0.39, 0.29) is 5.69 Å². The van der Waals surface area contributed by atoms with Gasteiger partial charge in [-0.25, -0.2) is 4.79 Å². The van der Waals surface area contributed by atoms with E-state index in [1.54, 1.807) is 12.3 Å². The fourth-order valence-corrected chi connectivity index (χ4v) is 2.22. The van der Waals surface area contributed by atoms with Crippen LogP contribution in [0, 0.1) is 6.92 Å². The smallest absolute Gasteiger partial charge is 0.353 e. The van der Waals surface area contributed by atoms with Crippen LogP contribution in [-0.4, -0.2) is 21.0 Å². The monoisotopic (exact) mass is 240 g/mol. The molecule has 0 amide bonds. The lowest BCUT2D eigenvalue weighted by molar-refractivity contribution is 0.0692. The van der Waals surface area contributed by atoms with Crippen LogP contribution in [0.1, 0.15) is 16.1 Å². The number of H-pyrrole nitrogens is 2. The molecule has 0 bridgehead atoms. The van der Waals surface area contributed by atoms with Gasteiger partial charge in [0.2, 0.25) is 0 Å². The number of benzene rings is 1. The van der Waals surface area contributed by atoms with Gasteiger partial charge in [0.1, 0.15) is 5.69 Å². The van der Waals surface area contributed by atoms with Gasteiger partial charge < -0.3 is 15.1 Å². The molecule has 4 heteroatoms. The molecule has 0 aliphatic heterocycles. The van der Waals surface area contributed by atoms with Crippen molar-refractivity contribution in [3.8, 4) is 11.3 Å². The van der Waals surface area contributed by atoms with Crippen molar-refractivity contribution in [2.45, 2.75) is 6.92 Å². The number of aryl methyl sites for hydroxylation is 1. The first kappa shape index (κ1) is 10.7. The van der Waals surface area contributed by atoms with E-state index in [9.17, 15) is 4.79 Å². The number of hydrogen-bond acceptors (Lipinski definition) is 1. The van der Waals surface area contributed by atoms with Gasteiger partial charge >= 0.3 is 5.97 Å². The summed E-state index contributed by atoms with van der Waals surface area (Å²) in [5.74, 6) is -0.953. The van der Waals surface area contributed by atoms with Crippen LogP contribution in [0.2, 0.25) is 0 Å². The molecule has 0 fully saturated rings. The Labute approximate surface area is 103 Å². The Morgan fingerprint density at radius 2 is 2.11 bits per heavy atom. The average Bonchev–Trinajstić information content (AvgIpc) is 2.95. The maximum Gasteiger partial charge on any atom is 0.353 e. The summed E-state index contributed by atoms with van der Waals surface area (Å²) in [5.41, 5.74) is 3.89. The molecule has 0 unspecified atom stereocenters. The van der Waals surface area contributed by atoms with Crippen molar-refractivity contribution in [1.29, 1.82) is 0 Å². The Morgan fingerprint density at radius 1 is 1.28 bits per heavy atom. The highest BCUT2D eigenvalue weighted by Gasteiger charge is 2.14. The largest absolute Gasteiger partial charge is 0.477 e. The van der Waals surface area contributed by atoms with Crippen LogP contribution in [0.4, 0.5) is 0 Å². The number of aromatic nitrogens is 2. The third-order valence-electron chi connectivity index (χ3n) is 3.12. The molecular weight excluding hydrogens is 228 g/mol. The zero-order valence-electron chi connectivity index (χ0n) is 9.82. The molecule has 0 radical (unpaired) electrons. The third-order valence-corrected chi connectivity index (χ3v) is 3.12. The number of para-hydroxylation sites is 1. The molecule has 2 heterocycles. The Hall–Kier alpha value is -2.49. The van der Waals surface area contributed by atoms with Gasteiger partial charge in [0, 0.05) is 28.4 Å². The number of carboxylic acid groups (broad SMARTS) is 1. The van der Waals surface area contributed by atoms with Crippen LogP contribution in [-0.2, 0) is 0 Å². The van der Waals surface area contributed by atoms with E-state index in [4.69, 9.17) is 5.11 Å². The lowest BCUT2D eigenvalue weighted by atomic mass is 10.1. The molecule has 0 saturated heterocycles. The maximum absolute atomic E-state index is 11.1. The number of rotatable bonds is 2. The molecule has 18 heavy (non-hydrogen) atoms. The van der Waals surface area contributed by atoms with Crippen LogP contribution in [0.25, 0.3) is 22.2 Å². The van der Waals surface area contributed by atoms with Crippen molar-refractivity contribution in [3.05, 3.63) is 47.8 Å². The van der Waals surface area contributed by atoms with E-state index in [1.165, 1.54) is 0 Å². The predicted molar refractivity (Wildman–Crippen MR) is 69.8 cm³/mol. The summed E-state index contributed by atoms with van der Waals surface area (Å²) in [6.07, 6.45) is 1.64. The number of nitrogens with one attached hydrogen (secondary N) is 2. The third kappa shape index (κ3) is 1.50. The molecule has 2 aromatic heterocycles. The van der Waals surface area contributed by atoms with Gasteiger partial charge in [0.15, 0.2) is 0 Å². The summed E-state index contributed by atoms with van der Waals surface area (Å²) in [7, 11) is 0. The number of aromatic carboxylic acids is 1. The second-order valence-electron chi connectivity index (χ2n) is 4.29. The second-order valence-corrected chi connectivity index (χ2v) is 4.29. The lowest BCUT2D eigenvalue weighted by Crippen LogP contribution is -1.98. The second kappa shape index (κ2) is 3.77. The van der Waals surface area contributed by atoms with Gasteiger partial charge in [-0.2, -0.15) is 0 Å². The molecule has 0 saturated carbocycles. The molecule has 0 aliphatic carbocycles. The topological polar surface area (TPSA) is 68.9 Å². The molecule has 4 nitrogen and oxygen atoms in total. The number of carboxylic acids is 1. The van der Waals surface area contributed by atoms with Gasteiger partial charge in [0.05, 0.1) is 0 Å². The normalized spacial score (nSPS) is 10.9. The summed E-state index contributed by atoms with van der Waals surface area (Å²) in [6.45, 7) is 2.03. The van der Waals surface area contributed by atoms with Crippen molar-refractivity contribution in [2.24, 2.45) is 0 Å². The standard InChI is InChI=1S/C14H12N2O2/c1-8-3-2-4-9-7-11(16-12(8)9)10-5-6-15-13(10)14(17)18/h2-7,15-16H,1H3,(H,17,18). The molecule has 3 N–H and O–H groups in total. The Kier molecular flexibility index (Phi) is 2.23. The van der Waals surface area contributed by atoms with E-state index in [0.717, 1.165) is 22.2 Å². The summed E-state index contributed by atoms with van der Waals surface area (Å²) in [5, 5.41) is 10.2. The minimum absolute atomic E-state index is 0.208. The molecule has 3 rings (SSSR count). The molecular formula is C14H12N2O2. The van der Waals surface area contributed by atoms with Gasteiger partial charge in [-0.15, -0.1) is 0 Å². The number of hydrogen-bond donors (Lipinski definition) is 3. The van der Waals surface area contributed by atoms with Crippen molar-refractivity contribution in [2.75, 3.05) is 0 Å². The number of fused-ring (bicyclic) bond motifs is 1. The van der Waals surface area contributed by atoms with E-state index >= 15 is 0 Å². The van der Waals surface area contributed by atoms with Crippen LogP contribution >= 0.6 is 0 Å². The first-order valence-corrected chi connectivity index (χ1v) is 5.66. The quantitative estimate of drug-likeness (QED) is 0.644. The van der Waals surface area contributed by atoms with Crippen molar-refractivity contribution >= 4 is 16.9 Å². The summed E-state index contributed by atoms with van der Waals surface area (Å²) in [6, 6.07) is 9.76. The average molecular weight is 240 g/mol. The van der Waals surface area contributed by atoms with Gasteiger partial charge in [-0.3, -0.25) is 0 Å². The zero-order valence-corrected chi connectivity index (χ0v) is 9.82. The van der Waals surface area contributed by atoms with Crippen LogP contribution < -0.4 is 0 Å². The highest BCUT2D eigenvalue weighted by Crippen LogP contribution is 2.27. The Bertz CT molecular complexity index is 737. The molecule has 0 spiro atoms. The van der Waals surface area contributed by atoms with Gasteiger partial charge in [0.25, 0.3) is 0 Å². The molecule has 0 atom stereocenters. The minimum atomic E-state index is -0.953. The fourth-order valence-electron chi connectivity index (χ4n) is 2.22. The van der Waals surface area contributed by atoms with Gasteiger partial charge in [-0.05, 0) is 24.6 Å². The Morgan fingerprint density at radius 3 is 2.83 bits per heavy atom. The van der Waals surface area contributed by atoms with Gasteiger partial charge in [-0.1, -0.05) is 18.2 Å². The first-order chi connectivity index (χ1) is 8.66. The minimum Gasteiger partial charge on any atom is -0.477 e. The molecule has 90 valence electrons. The summed E-state index contributed by atoms with van der Waals surface area (Å²) < 4.78 is 0.